The average Bonchev–Trinajstić information content (AvgIpc) is 2.68. The molecule has 3 rings (SSSR count). The number of aromatic nitrogens is 1. The van der Waals surface area contributed by atoms with Crippen molar-refractivity contribution in [2.24, 2.45) is 0 Å². The van der Waals surface area contributed by atoms with E-state index in [1.807, 2.05) is 0 Å². The fourth-order valence-corrected chi connectivity index (χ4v) is 4.20. The number of hydrogen-bond acceptors (Lipinski definition) is 4. The summed E-state index contributed by atoms with van der Waals surface area (Å²) in [6, 6.07) is 12.6. The number of anilines is 1. The summed E-state index contributed by atoms with van der Waals surface area (Å²) in [7, 11) is -3.99. The molecule has 0 radical (unpaired) electrons. The lowest BCUT2D eigenvalue weighted by molar-refractivity contribution is 0.0947. The minimum Gasteiger partial charge on any atom is -0.348 e. The first kappa shape index (κ1) is 21.1. The molecule has 0 bridgehead atoms. The fraction of sp³-hybridized carbons (Fsp3) is 0.100. The van der Waals surface area contributed by atoms with E-state index in [0.29, 0.717) is 15.7 Å². The first-order valence-electron chi connectivity index (χ1n) is 8.52. The Morgan fingerprint density at radius 1 is 1.03 bits per heavy atom. The third-order valence-corrected chi connectivity index (χ3v) is 6.16. The van der Waals surface area contributed by atoms with Crippen molar-refractivity contribution in [3.63, 3.8) is 0 Å². The zero-order valence-electron chi connectivity index (χ0n) is 15.3. The molecule has 0 aliphatic carbocycles. The summed E-state index contributed by atoms with van der Waals surface area (Å²) in [5.41, 5.74) is 1.88. The van der Waals surface area contributed by atoms with Crippen LogP contribution in [0.4, 0.5) is 5.69 Å². The van der Waals surface area contributed by atoms with Crippen molar-refractivity contribution < 1.29 is 13.2 Å². The molecule has 0 unspecified atom stereocenters. The Morgan fingerprint density at radius 3 is 2.52 bits per heavy atom. The van der Waals surface area contributed by atoms with Crippen molar-refractivity contribution in [1.29, 1.82) is 0 Å². The number of aryl methyl sites for hydroxylation is 1. The summed E-state index contributed by atoms with van der Waals surface area (Å²) in [6.45, 7) is 1.97. The number of carbonyl (C=O) groups is 1. The lowest BCUT2D eigenvalue weighted by Crippen LogP contribution is -2.26. The highest BCUT2D eigenvalue weighted by atomic mass is 35.5. The Kier molecular flexibility index (Phi) is 6.42. The van der Waals surface area contributed by atoms with Crippen LogP contribution in [0.3, 0.4) is 0 Å². The van der Waals surface area contributed by atoms with Gasteiger partial charge in [-0.25, -0.2) is 8.42 Å². The van der Waals surface area contributed by atoms with Crippen molar-refractivity contribution in [1.82, 2.24) is 10.3 Å². The third-order valence-electron chi connectivity index (χ3n) is 3.99. The minimum atomic E-state index is -3.99. The van der Waals surface area contributed by atoms with Crippen molar-refractivity contribution in [2.45, 2.75) is 18.4 Å². The number of carbonyl (C=O) groups excluding carboxylic acids is 1. The van der Waals surface area contributed by atoms with Gasteiger partial charge in [-0.15, -0.1) is 0 Å². The Morgan fingerprint density at radius 2 is 1.79 bits per heavy atom. The maximum Gasteiger partial charge on any atom is 0.262 e. The highest BCUT2D eigenvalue weighted by Crippen LogP contribution is 2.23. The van der Waals surface area contributed by atoms with Crippen LogP contribution in [-0.2, 0) is 16.6 Å². The number of amides is 1. The molecule has 0 atom stereocenters. The van der Waals surface area contributed by atoms with Crippen molar-refractivity contribution in [3.8, 4) is 0 Å². The van der Waals surface area contributed by atoms with Crippen molar-refractivity contribution >= 4 is 44.8 Å². The van der Waals surface area contributed by atoms with Gasteiger partial charge in [0.25, 0.3) is 15.9 Å². The van der Waals surface area contributed by atoms with Gasteiger partial charge >= 0.3 is 0 Å². The zero-order valence-corrected chi connectivity index (χ0v) is 17.6. The van der Waals surface area contributed by atoms with Gasteiger partial charge in [-0.1, -0.05) is 41.4 Å². The molecule has 29 heavy (non-hydrogen) atoms. The third kappa shape index (κ3) is 5.26. The molecule has 2 aromatic carbocycles. The molecule has 0 spiro atoms. The molecule has 0 aliphatic rings. The van der Waals surface area contributed by atoms with E-state index in [1.165, 1.54) is 18.3 Å². The van der Waals surface area contributed by atoms with Crippen LogP contribution in [0.5, 0.6) is 0 Å². The number of nitrogens with one attached hydrogen (secondary N) is 2. The van der Waals surface area contributed by atoms with E-state index in [2.05, 4.69) is 15.0 Å². The van der Waals surface area contributed by atoms with Crippen LogP contribution in [0.15, 0.2) is 65.8 Å². The van der Waals surface area contributed by atoms with E-state index in [-0.39, 0.29) is 17.0 Å². The predicted molar refractivity (Wildman–Crippen MR) is 114 cm³/mol. The zero-order chi connectivity index (χ0) is 21.0. The van der Waals surface area contributed by atoms with Crippen molar-refractivity contribution in [2.75, 3.05) is 4.72 Å². The monoisotopic (exact) mass is 449 g/mol. The molecule has 0 saturated heterocycles. The van der Waals surface area contributed by atoms with E-state index in [1.54, 1.807) is 49.5 Å². The lowest BCUT2D eigenvalue weighted by atomic mass is 10.2. The van der Waals surface area contributed by atoms with Gasteiger partial charge in [0, 0.05) is 12.7 Å². The Balaban J connectivity index is 1.81. The molecule has 3 aromatic rings. The Bertz CT molecular complexity index is 1170. The normalized spacial score (nSPS) is 11.1. The van der Waals surface area contributed by atoms with Crippen LogP contribution in [0.25, 0.3) is 0 Å². The van der Waals surface area contributed by atoms with Crippen LogP contribution >= 0.6 is 23.2 Å². The first-order valence-corrected chi connectivity index (χ1v) is 10.8. The molecule has 1 heterocycles. The summed E-state index contributed by atoms with van der Waals surface area (Å²) in [6.07, 6.45) is 3.01. The second-order valence-electron chi connectivity index (χ2n) is 6.28. The van der Waals surface area contributed by atoms with Crippen LogP contribution in [0.1, 0.15) is 21.5 Å². The van der Waals surface area contributed by atoms with Gasteiger partial charge in [0.1, 0.15) is 4.90 Å². The number of sulfonamides is 1. The van der Waals surface area contributed by atoms with Gasteiger partial charge in [-0.3, -0.25) is 14.5 Å². The highest BCUT2D eigenvalue weighted by Gasteiger charge is 2.22. The minimum absolute atomic E-state index is 0.0284. The smallest absolute Gasteiger partial charge is 0.262 e. The molecule has 150 valence electrons. The fourth-order valence-electron chi connectivity index (χ4n) is 2.64. The Labute approximate surface area is 178 Å². The van der Waals surface area contributed by atoms with E-state index < -0.39 is 15.9 Å². The SMILES string of the molecule is Cc1cncc(NS(=O)(=O)c2ccccc2C(=O)NCc2ccc(Cl)c(Cl)c2)c1. The topological polar surface area (TPSA) is 88.2 Å². The molecule has 1 amide bonds. The van der Waals surface area contributed by atoms with Gasteiger partial charge in [-0.05, 0) is 48.4 Å². The number of hydrogen-bond donors (Lipinski definition) is 2. The number of pyridine rings is 1. The van der Waals surface area contributed by atoms with E-state index >= 15 is 0 Å². The lowest BCUT2D eigenvalue weighted by Gasteiger charge is -2.13. The van der Waals surface area contributed by atoms with Gasteiger partial charge in [-0.2, -0.15) is 0 Å². The van der Waals surface area contributed by atoms with Gasteiger partial charge < -0.3 is 5.32 Å². The summed E-state index contributed by atoms with van der Waals surface area (Å²) in [4.78, 5) is 16.5. The number of rotatable bonds is 6. The predicted octanol–water partition coefficient (Wildman–Crippen LogP) is 4.43. The maximum absolute atomic E-state index is 12.8. The largest absolute Gasteiger partial charge is 0.348 e. The standard InChI is InChI=1S/C20H17Cl2N3O3S/c1-13-8-15(12-23-10-13)25-29(27,28)19-5-3-2-4-16(19)20(26)24-11-14-6-7-17(21)18(22)9-14/h2-10,12,25H,11H2,1H3,(H,24,26). The number of nitrogens with zero attached hydrogens (tertiary/aromatic N) is 1. The second kappa shape index (κ2) is 8.82. The molecular formula is C20H17Cl2N3O3S. The summed E-state index contributed by atoms with van der Waals surface area (Å²) < 4.78 is 28.1. The van der Waals surface area contributed by atoms with Crippen LogP contribution < -0.4 is 10.0 Å². The van der Waals surface area contributed by atoms with Crippen LogP contribution in [-0.4, -0.2) is 19.3 Å². The quantitative estimate of drug-likeness (QED) is 0.582. The summed E-state index contributed by atoms with van der Waals surface area (Å²) in [5.74, 6) is -0.528. The first-order chi connectivity index (χ1) is 13.8. The molecule has 0 fully saturated rings. The van der Waals surface area contributed by atoms with Gasteiger partial charge in [0.2, 0.25) is 0 Å². The molecule has 0 aliphatic heterocycles. The van der Waals surface area contributed by atoms with E-state index in [4.69, 9.17) is 23.2 Å². The van der Waals surface area contributed by atoms with Gasteiger partial charge in [0.05, 0.1) is 27.5 Å². The Hall–Kier alpha value is -2.61. The second-order valence-corrected chi connectivity index (χ2v) is 8.75. The molecule has 6 nitrogen and oxygen atoms in total. The molecule has 0 saturated carbocycles. The maximum atomic E-state index is 12.8. The number of halogens is 2. The van der Waals surface area contributed by atoms with Crippen LogP contribution in [0, 0.1) is 6.92 Å². The summed E-state index contributed by atoms with van der Waals surface area (Å²) in [5, 5.41) is 3.49. The van der Waals surface area contributed by atoms with Crippen LogP contribution in [0.2, 0.25) is 10.0 Å². The van der Waals surface area contributed by atoms with E-state index in [0.717, 1.165) is 11.1 Å². The molecule has 9 heteroatoms. The average molecular weight is 450 g/mol. The van der Waals surface area contributed by atoms with Crippen molar-refractivity contribution in [3.05, 3.63) is 87.7 Å². The van der Waals surface area contributed by atoms with Gasteiger partial charge in [0.15, 0.2) is 0 Å². The summed E-state index contributed by atoms with van der Waals surface area (Å²) >= 11 is 11.9. The molecule has 2 N–H and O–H groups in total. The van der Waals surface area contributed by atoms with E-state index in [9.17, 15) is 13.2 Å². The number of benzene rings is 2. The molecule has 1 aromatic heterocycles. The molecular weight excluding hydrogens is 433 g/mol. The highest BCUT2D eigenvalue weighted by molar-refractivity contribution is 7.92.